The number of piperazine rings is 1. The van der Waals surface area contributed by atoms with Gasteiger partial charge in [-0.15, -0.1) is 11.3 Å². The summed E-state index contributed by atoms with van der Waals surface area (Å²) < 4.78 is 49.3. The van der Waals surface area contributed by atoms with E-state index in [-0.39, 0.29) is 54.4 Å². The van der Waals surface area contributed by atoms with Crippen molar-refractivity contribution >= 4 is 78.7 Å². The number of anilines is 2. The molecule has 0 radical (unpaired) electrons. The van der Waals surface area contributed by atoms with Crippen molar-refractivity contribution in [1.82, 2.24) is 14.9 Å². The number of nitrogens with zero attached hydrogens (tertiary/aromatic N) is 5. The molecule has 2 amide bonds. The molecule has 0 aliphatic carbocycles. The molecule has 2 aliphatic rings. The summed E-state index contributed by atoms with van der Waals surface area (Å²) in [5, 5.41) is 13.6. The molecule has 4 aromatic rings. The Bertz CT molecular complexity index is 2080. The highest BCUT2D eigenvalue weighted by Crippen LogP contribution is 2.47. The number of aromatic nitrogens is 2. The van der Waals surface area contributed by atoms with Gasteiger partial charge in [0.15, 0.2) is 11.0 Å². The van der Waals surface area contributed by atoms with Gasteiger partial charge in [-0.25, -0.2) is 28.3 Å². The van der Waals surface area contributed by atoms with E-state index in [1.165, 1.54) is 23.9 Å². The van der Waals surface area contributed by atoms with E-state index in [2.05, 4.69) is 15.2 Å². The summed E-state index contributed by atoms with van der Waals surface area (Å²) in [6.07, 6.45) is -1.25. The summed E-state index contributed by atoms with van der Waals surface area (Å²) in [6.45, 7) is 13.6. The molecule has 2 unspecified atom stereocenters. The Labute approximate surface area is 307 Å². The van der Waals surface area contributed by atoms with Gasteiger partial charge in [0.1, 0.15) is 39.4 Å². The number of ether oxygens (including phenoxy) is 3. The van der Waals surface area contributed by atoms with Crippen molar-refractivity contribution in [2.45, 2.75) is 76.9 Å². The summed E-state index contributed by atoms with van der Waals surface area (Å²) in [7, 11) is 0. The molecule has 0 saturated carbocycles. The third-order valence-electron chi connectivity index (χ3n) is 8.07. The van der Waals surface area contributed by atoms with Crippen LogP contribution in [0.2, 0.25) is 5.02 Å². The number of fused-ring (bicyclic) bond motifs is 4. The van der Waals surface area contributed by atoms with Crippen LogP contribution in [-0.4, -0.2) is 82.4 Å². The van der Waals surface area contributed by atoms with Gasteiger partial charge in [-0.05, 0) is 65.0 Å². The number of benzene rings is 2. The minimum Gasteiger partial charge on any atom is -0.444 e. The summed E-state index contributed by atoms with van der Waals surface area (Å²) in [5.74, 6) is -0.373. The third-order valence-corrected chi connectivity index (χ3v) is 10.2. The number of rotatable bonds is 5. The molecule has 11 nitrogen and oxygen atoms in total. The fraction of sp³-hybridized carbons (Fsp3) is 0.457. The Hall–Kier alpha value is -3.97. The van der Waals surface area contributed by atoms with Crippen molar-refractivity contribution in [2.24, 2.45) is 0 Å². The molecule has 2 atom stereocenters. The highest BCUT2D eigenvalue weighted by molar-refractivity contribution is 7.99. The first-order valence-electron chi connectivity index (χ1n) is 16.3. The molecule has 2 aromatic heterocycles. The van der Waals surface area contributed by atoms with Crippen LogP contribution in [0.15, 0.2) is 23.4 Å². The molecule has 6 rings (SSSR count). The second-order valence-corrected chi connectivity index (χ2v) is 16.8. The number of carbonyl (C=O) groups is 2. The van der Waals surface area contributed by atoms with Crippen molar-refractivity contribution in [3.8, 4) is 17.2 Å². The first kappa shape index (κ1) is 36.8. The molecule has 0 spiro atoms. The zero-order valence-corrected chi connectivity index (χ0v) is 31.5. The molecule has 16 heteroatoms. The zero-order valence-electron chi connectivity index (χ0n) is 29.1. The maximum Gasteiger partial charge on any atom is 0.412 e. The van der Waals surface area contributed by atoms with E-state index in [9.17, 15) is 14.9 Å². The van der Waals surface area contributed by atoms with Crippen molar-refractivity contribution in [2.75, 3.05) is 42.3 Å². The molecule has 4 heterocycles. The number of thioether (sulfide) groups is 1. The maximum atomic E-state index is 17.1. The molecule has 2 aliphatic heterocycles. The van der Waals surface area contributed by atoms with Crippen molar-refractivity contribution in [1.29, 1.82) is 5.26 Å². The topological polar surface area (TPSA) is 130 Å². The van der Waals surface area contributed by atoms with Crippen LogP contribution in [0.4, 0.5) is 29.2 Å². The summed E-state index contributed by atoms with van der Waals surface area (Å²) in [6, 6.07) is 5.52. The minimum absolute atomic E-state index is 0.0118. The average molecular weight is 759 g/mol. The van der Waals surface area contributed by atoms with Crippen LogP contribution in [-0.2, 0) is 14.2 Å². The lowest BCUT2D eigenvalue weighted by atomic mass is 9.96. The third kappa shape index (κ3) is 7.37. The number of halogens is 3. The predicted molar refractivity (Wildman–Crippen MR) is 195 cm³/mol. The van der Waals surface area contributed by atoms with Gasteiger partial charge in [0, 0.05) is 29.4 Å². The van der Waals surface area contributed by atoms with Gasteiger partial charge < -0.3 is 24.0 Å². The van der Waals surface area contributed by atoms with Gasteiger partial charge in [0.25, 0.3) is 0 Å². The monoisotopic (exact) mass is 758 g/mol. The lowest BCUT2D eigenvalue weighted by molar-refractivity contribution is -0.0107. The Balaban J connectivity index is 1.49. The Morgan fingerprint density at radius 2 is 1.78 bits per heavy atom. The molecule has 1 N–H and O–H groups in total. The Morgan fingerprint density at radius 1 is 1.12 bits per heavy atom. The molecular formula is C35H37ClF2N6O5S2. The Morgan fingerprint density at radius 3 is 2.39 bits per heavy atom. The van der Waals surface area contributed by atoms with Crippen LogP contribution in [0.5, 0.6) is 0 Å². The number of amides is 2. The minimum atomic E-state index is -0.824. The van der Waals surface area contributed by atoms with E-state index in [0.717, 1.165) is 11.3 Å². The SMILES string of the molecule is CCSc1nc(N2C3COCC2CN(C(=O)OC(C)(C)C)C3)c2cc(Cl)c(-c3ccc(F)c4sc(NC(=O)OC(C)(C)C)c(C#N)c34)c(F)c2n1. The van der Waals surface area contributed by atoms with Gasteiger partial charge in [0.2, 0.25) is 0 Å². The summed E-state index contributed by atoms with van der Waals surface area (Å²) in [5.41, 5.74) is -1.48. The second-order valence-electron chi connectivity index (χ2n) is 14.2. The van der Waals surface area contributed by atoms with Gasteiger partial charge in [-0.1, -0.05) is 36.4 Å². The first-order chi connectivity index (χ1) is 24.0. The molecule has 51 heavy (non-hydrogen) atoms. The lowest BCUT2D eigenvalue weighted by Gasteiger charge is -2.50. The molecule has 2 aromatic carbocycles. The van der Waals surface area contributed by atoms with Crippen LogP contribution in [0.3, 0.4) is 0 Å². The molecule has 2 saturated heterocycles. The zero-order chi connectivity index (χ0) is 37.0. The highest BCUT2D eigenvalue weighted by atomic mass is 35.5. The van der Waals surface area contributed by atoms with Crippen LogP contribution in [0.25, 0.3) is 32.1 Å². The smallest absolute Gasteiger partial charge is 0.412 e. The summed E-state index contributed by atoms with van der Waals surface area (Å²) in [4.78, 5) is 38.9. The van der Waals surface area contributed by atoms with Gasteiger partial charge in [-0.2, -0.15) is 5.26 Å². The summed E-state index contributed by atoms with van der Waals surface area (Å²) >= 11 is 9.10. The van der Waals surface area contributed by atoms with Crippen LogP contribution < -0.4 is 10.2 Å². The fourth-order valence-corrected chi connectivity index (χ4v) is 8.18. The van der Waals surface area contributed by atoms with Crippen LogP contribution in [0.1, 0.15) is 54.0 Å². The van der Waals surface area contributed by atoms with E-state index in [0.29, 0.717) is 48.4 Å². The first-order valence-corrected chi connectivity index (χ1v) is 18.5. The van der Waals surface area contributed by atoms with Crippen LogP contribution >= 0.6 is 34.7 Å². The Kier molecular flexibility index (Phi) is 10.0. The average Bonchev–Trinajstić information content (AvgIpc) is 3.38. The fourth-order valence-electron chi connectivity index (χ4n) is 6.25. The molecular weight excluding hydrogens is 722 g/mol. The number of carbonyl (C=O) groups excluding carboxylic acids is 2. The highest BCUT2D eigenvalue weighted by Gasteiger charge is 2.43. The number of thiophene rings is 1. The van der Waals surface area contributed by atoms with E-state index in [1.54, 1.807) is 31.7 Å². The van der Waals surface area contributed by atoms with Gasteiger partial charge in [0.05, 0.1) is 40.6 Å². The standard InChI is InChI=1S/C35H37ClF2N6O5S2/c1-8-50-31-40-27-20(29(41-31)44-17-13-43(14-18(44)16-47-15-17)33(46)49-35(5,6)7)11-22(36)25(26(27)38)19-9-10-23(37)28-24(19)21(12-39)30(51-28)42-32(45)48-34(2,3)4/h9-11,17-18H,8,13-16H2,1-7H3,(H,42,45). The number of hydrogen-bond acceptors (Lipinski definition) is 11. The van der Waals surface area contributed by atoms with Crippen LogP contribution in [0, 0.1) is 23.0 Å². The molecule has 2 fully saturated rings. The van der Waals surface area contributed by atoms with E-state index in [4.69, 9.17) is 30.8 Å². The largest absolute Gasteiger partial charge is 0.444 e. The predicted octanol–water partition coefficient (Wildman–Crippen LogP) is 8.60. The van der Waals surface area contributed by atoms with Gasteiger partial charge >= 0.3 is 12.2 Å². The van der Waals surface area contributed by atoms with Crippen molar-refractivity contribution < 1.29 is 32.6 Å². The maximum absolute atomic E-state index is 17.1. The quantitative estimate of drug-likeness (QED) is 0.156. The van der Waals surface area contributed by atoms with E-state index >= 15 is 8.78 Å². The van der Waals surface area contributed by atoms with Crippen molar-refractivity contribution in [3.63, 3.8) is 0 Å². The second kappa shape index (κ2) is 13.9. The molecule has 270 valence electrons. The van der Waals surface area contributed by atoms with E-state index in [1.807, 2.05) is 33.8 Å². The number of nitrogens with one attached hydrogen (secondary N) is 1. The van der Waals surface area contributed by atoms with Gasteiger partial charge in [-0.3, -0.25) is 5.32 Å². The van der Waals surface area contributed by atoms with Crippen molar-refractivity contribution in [3.05, 3.63) is 40.4 Å². The lowest BCUT2D eigenvalue weighted by Crippen LogP contribution is -2.66. The molecule has 2 bridgehead atoms. The number of hydrogen-bond donors (Lipinski definition) is 1. The normalized spacial score (nSPS) is 17.8. The van der Waals surface area contributed by atoms with E-state index < -0.39 is 35.0 Å². The number of nitriles is 1. The number of morpholine rings is 1.